The molecule has 1 aromatic carbocycles. The van der Waals surface area contributed by atoms with E-state index in [4.69, 9.17) is 16.9 Å². The van der Waals surface area contributed by atoms with Gasteiger partial charge in [-0.2, -0.15) is 5.26 Å². The number of alkyl halides is 1. The van der Waals surface area contributed by atoms with Gasteiger partial charge in [0.05, 0.1) is 0 Å². The Morgan fingerprint density at radius 1 is 1.27 bits per heavy atom. The Morgan fingerprint density at radius 2 is 2.05 bits per heavy atom. The van der Waals surface area contributed by atoms with Crippen LogP contribution in [0.5, 0.6) is 0 Å². The normalized spacial score (nSPS) is 10.8. The summed E-state index contributed by atoms with van der Waals surface area (Å²) in [6.45, 7) is 0.786. The molecule has 3 aromatic rings. The molecule has 0 unspecified atom stereocenters. The molecule has 2 aromatic heterocycles. The van der Waals surface area contributed by atoms with E-state index < -0.39 is 0 Å². The Bertz CT molecular complexity index is 849. The molecule has 0 aliphatic carbocycles. The van der Waals surface area contributed by atoms with Gasteiger partial charge in [-0.05, 0) is 30.2 Å². The first kappa shape index (κ1) is 15.0. The first-order chi connectivity index (χ1) is 10.7. The van der Waals surface area contributed by atoms with E-state index in [9.17, 15) is 0 Å². The van der Waals surface area contributed by atoms with E-state index in [1.54, 1.807) is 6.20 Å². The van der Waals surface area contributed by atoms with Crippen LogP contribution in [0.2, 0.25) is 5.02 Å². The molecule has 0 saturated carbocycles. The van der Waals surface area contributed by atoms with Crippen LogP contribution in [0, 0.1) is 11.3 Å². The molecule has 22 heavy (non-hydrogen) atoms. The van der Waals surface area contributed by atoms with Gasteiger partial charge < -0.3 is 4.57 Å². The van der Waals surface area contributed by atoms with Crippen molar-refractivity contribution >= 4 is 38.6 Å². The lowest BCUT2D eigenvalue weighted by Gasteiger charge is -2.09. The highest BCUT2D eigenvalue weighted by Crippen LogP contribution is 2.21. The fourth-order valence-electron chi connectivity index (χ4n) is 2.40. The number of aryl methyl sites for hydroxylation is 2. The third-order valence-electron chi connectivity index (χ3n) is 3.49. The smallest absolute Gasteiger partial charge is 0.234 e. The molecular weight excluding hydrogens is 364 g/mol. The molecule has 0 amide bonds. The van der Waals surface area contributed by atoms with E-state index >= 15 is 0 Å². The van der Waals surface area contributed by atoms with Gasteiger partial charge in [0.2, 0.25) is 5.82 Å². The van der Waals surface area contributed by atoms with Crippen molar-refractivity contribution in [3.05, 3.63) is 58.6 Å². The second-order valence-electron chi connectivity index (χ2n) is 4.88. The number of rotatable bonds is 4. The molecule has 0 bridgehead atoms. The molecule has 0 aliphatic heterocycles. The highest BCUT2D eigenvalue weighted by Gasteiger charge is 2.11. The Labute approximate surface area is 141 Å². The molecule has 0 N–H and O–H groups in total. The van der Waals surface area contributed by atoms with Gasteiger partial charge in [-0.25, -0.2) is 9.97 Å². The third-order valence-corrected chi connectivity index (χ3v) is 4.32. The summed E-state index contributed by atoms with van der Waals surface area (Å²) in [5.74, 6) is 0.194. The molecule has 0 spiro atoms. The van der Waals surface area contributed by atoms with E-state index in [2.05, 4.69) is 30.5 Å². The highest BCUT2D eigenvalue weighted by molar-refractivity contribution is 9.08. The molecule has 3 rings (SSSR count). The van der Waals surface area contributed by atoms with Crippen molar-refractivity contribution < 1.29 is 0 Å². The van der Waals surface area contributed by atoms with Crippen LogP contribution < -0.4 is 0 Å². The van der Waals surface area contributed by atoms with Crippen LogP contribution in [0.3, 0.4) is 0 Å². The van der Waals surface area contributed by atoms with Crippen molar-refractivity contribution in [2.24, 2.45) is 0 Å². The van der Waals surface area contributed by atoms with Crippen LogP contribution in [0.1, 0.15) is 17.1 Å². The lowest BCUT2D eigenvalue weighted by Crippen LogP contribution is -2.06. The van der Waals surface area contributed by atoms with Gasteiger partial charge >= 0.3 is 0 Å². The Morgan fingerprint density at radius 3 is 2.73 bits per heavy atom. The zero-order valence-electron chi connectivity index (χ0n) is 11.6. The maximum Gasteiger partial charge on any atom is 0.234 e. The number of nitriles is 1. The summed E-state index contributed by atoms with van der Waals surface area (Å²) in [5, 5.41) is 11.4. The van der Waals surface area contributed by atoms with Crippen molar-refractivity contribution in [1.82, 2.24) is 14.5 Å². The second kappa shape index (κ2) is 6.47. The topological polar surface area (TPSA) is 54.5 Å². The fourth-order valence-corrected chi connectivity index (χ4v) is 2.99. The average Bonchev–Trinajstić information content (AvgIpc) is 2.91. The standard InChI is InChI=1S/C16H12BrClN4/c17-8-14-7-12-10-20-15(9-19)21-16(12)22(14)6-5-11-1-3-13(18)4-2-11/h1-4,7,10H,5-6,8H2. The van der Waals surface area contributed by atoms with E-state index in [0.717, 1.165) is 40.0 Å². The average molecular weight is 376 g/mol. The highest BCUT2D eigenvalue weighted by atomic mass is 79.9. The lowest BCUT2D eigenvalue weighted by atomic mass is 10.1. The van der Waals surface area contributed by atoms with E-state index in [-0.39, 0.29) is 5.82 Å². The fraction of sp³-hybridized carbons (Fsp3) is 0.188. The molecule has 4 nitrogen and oxygen atoms in total. The zero-order chi connectivity index (χ0) is 15.5. The van der Waals surface area contributed by atoms with Crippen molar-refractivity contribution in [1.29, 1.82) is 5.26 Å². The maximum absolute atomic E-state index is 8.98. The number of aromatic nitrogens is 3. The molecule has 2 heterocycles. The van der Waals surface area contributed by atoms with Gasteiger partial charge in [0.15, 0.2) is 0 Å². The van der Waals surface area contributed by atoms with Gasteiger partial charge in [-0.15, -0.1) is 0 Å². The Hall–Kier alpha value is -1.90. The molecule has 110 valence electrons. The molecular formula is C16H12BrClN4. The van der Waals surface area contributed by atoms with Crippen molar-refractivity contribution in [3.63, 3.8) is 0 Å². The molecule has 0 aliphatic rings. The number of hydrogen-bond acceptors (Lipinski definition) is 3. The zero-order valence-corrected chi connectivity index (χ0v) is 14.0. The lowest BCUT2D eigenvalue weighted by molar-refractivity contribution is 0.694. The first-order valence-corrected chi connectivity index (χ1v) is 8.27. The van der Waals surface area contributed by atoms with Gasteiger partial charge in [0.1, 0.15) is 11.7 Å². The predicted octanol–water partition coefficient (Wildman–Crippen LogP) is 4.09. The van der Waals surface area contributed by atoms with Crippen LogP contribution in [-0.2, 0) is 18.3 Å². The summed E-state index contributed by atoms with van der Waals surface area (Å²) in [4.78, 5) is 8.36. The monoisotopic (exact) mass is 374 g/mol. The van der Waals surface area contributed by atoms with E-state index in [1.165, 1.54) is 5.56 Å². The quantitative estimate of drug-likeness (QED) is 0.645. The summed E-state index contributed by atoms with van der Waals surface area (Å²) in [7, 11) is 0. The van der Waals surface area contributed by atoms with Crippen LogP contribution in [0.4, 0.5) is 0 Å². The van der Waals surface area contributed by atoms with E-state index in [0.29, 0.717) is 0 Å². The molecule has 0 saturated heterocycles. The van der Waals surface area contributed by atoms with Crippen LogP contribution in [0.15, 0.2) is 36.5 Å². The van der Waals surface area contributed by atoms with Gasteiger partial charge in [0.25, 0.3) is 0 Å². The minimum absolute atomic E-state index is 0.194. The SMILES string of the molecule is N#Cc1ncc2cc(CBr)n(CCc3ccc(Cl)cc3)c2n1. The molecule has 0 atom stereocenters. The van der Waals surface area contributed by atoms with Crippen LogP contribution in [-0.4, -0.2) is 14.5 Å². The Balaban J connectivity index is 1.94. The van der Waals surface area contributed by atoms with E-state index in [1.807, 2.05) is 36.4 Å². The summed E-state index contributed by atoms with van der Waals surface area (Å²) in [6.07, 6.45) is 2.57. The minimum atomic E-state index is 0.194. The van der Waals surface area contributed by atoms with Crippen LogP contribution >= 0.6 is 27.5 Å². The minimum Gasteiger partial charge on any atom is -0.328 e. The van der Waals surface area contributed by atoms with Gasteiger partial charge in [-0.1, -0.05) is 39.7 Å². The molecule has 6 heteroatoms. The summed E-state index contributed by atoms with van der Waals surface area (Å²) in [5.41, 5.74) is 3.13. The Kier molecular flexibility index (Phi) is 4.41. The van der Waals surface area contributed by atoms with Crippen molar-refractivity contribution in [2.45, 2.75) is 18.3 Å². The van der Waals surface area contributed by atoms with Crippen molar-refractivity contribution in [2.75, 3.05) is 0 Å². The summed E-state index contributed by atoms with van der Waals surface area (Å²) >= 11 is 9.42. The number of nitrogens with zero attached hydrogens (tertiary/aromatic N) is 4. The third kappa shape index (κ3) is 2.99. The van der Waals surface area contributed by atoms with Gasteiger partial charge in [0, 0.05) is 34.2 Å². The van der Waals surface area contributed by atoms with Crippen LogP contribution in [0.25, 0.3) is 11.0 Å². The van der Waals surface area contributed by atoms with Crippen molar-refractivity contribution in [3.8, 4) is 6.07 Å². The van der Waals surface area contributed by atoms with Gasteiger partial charge in [-0.3, -0.25) is 0 Å². The second-order valence-corrected chi connectivity index (χ2v) is 5.88. The number of hydrogen-bond donors (Lipinski definition) is 0. The largest absolute Gasteiger partial charge is 0.328 e. The number of fused-ring (bicyclic) bond motifs is 1. The maximum atomic E-state index is 8.98. The molecule has 0 radical (unpaired) electrons. The number of benzene rings is 1. The number of halogens is 2. The first-order valence-electron chi connectivity index (χ1n) is 6.77. The summed E-state index contributed by atoms with van der Waals surface area (Å²) < 4.78 is 2.13. The summed E-state index contributed by atoms with van der Waals surface area (Å²) in [6, 6.07) is 11.9. The predicted molar refractivity (Wildman–Crippen MR) is 90.0 cm³/mol. The molecule has 0 fully saturated rings.